The number of nitrogens with two attached hydrogens (primary N) is 1. The van der Waals surface area contributed by atoms with Crippen molar-refractivity contribution in [2.45, 2.75) is 158 Å². The molecule has 0 spiro atoms. The average Bonchev–Trinajstić information content (AvgIpc) is 4.01. The molecule has 0 saturated carbocycles. The molecule has 0 radical (unpaired) electrons. The molecule has 4 saturated heterocycles. The largest absolute Gasteiger partial charge is 0.388 e. The van der Waals surface area contributed by atoms with Crippen molar-refractivity contribution in [1.82, 2.24) is 34.7 Å². The average molecular weight is 810 g/mol. The smallest absolute Gasteiger partial charge is 0.351 e. The molecule has 312 valence electrons. The molecule has 3 aromatic heterocycles. The van der Waals surface area contributed by atoms with E-state index in [0.717, 1.165) is 74.5 Å². The summed E-state index contributed by atoms with van der Waals surface area (Å²) in [6, 6.07) is 2.28. The van der Waals surface area contributed by atoms with E-state index in [-0.39, 0.29) is 36.3 Å². The van der Waals surface area contributed by atoms with Gasteiger partial charge in [0.05, 0.1) is 29.7 Å². The van der Waals surface area contributed by atoms with Gasteiger partial charge < -0.3 is 45.9 Å². The van der Waals surface area contributed by atoms with Crippen molar-refractivity contribution < 1.29 is 29.3 Å². The number of fused-ring (bicyclic) bond motifs is 2. The molecule has 16 nitrogen and oxygen atoms in total. The molecule has 10 atom stereocenters. The Balaban J connectivity index is 0.816. The third-order valence-electron chi connectivity index (χ3n) is 12.2. The number of thioether (sulfide) groups is 1. The molecular formula is C40H59N9O7S. The molecule has 0 aromatic carbocycles. The second-order valence-electron chi connectivity index (χ2n) is 16.2. The predicted molar refractivity (Wildman–Crippen MR) is 218 cm³/mol. The van der Waals surface area contributed by atoms with E-state index >= 15 is 0 Å². The third kappa shape index (κ3) is 9.59. The molecular weight excluding hydrogens is 751 g/mol. The maximum atomic E-state index is 12.7. The van der Waals surface area contributed by atoms with E-state index in [0.29, 0.717) is 67.1 Å². The minimum Gasteiger partial charge on any atom is -0.388 e. The molecule has 57 heavy (non-hydrogen) atoms. The van der Waals surface area contributed by atoms with Crippen molar-refractivity contribution in [1.29, 1.82) is 0 Å². The number of hydrogen-bond donors (Lipinski definition) is 6. The quantitative estimate of drug-likeness (QED) is 0.0697. The number of ketones is 1. The minimum atomic E-state index is -1.14. The fraction of sp³-hybridized carbons (Fsp3) is 0.700. The highest BCUT2D eigenvalue weighted by atomic mass is 32.2. The van der Waals surface area contributed by atoms with E-state index in [4.69, 9.17) is 15.2 Å². The van der Waals surface area contributed by atoms with E-state index in [1.807, 2.05) is 17.8 Å². The summed E-state index contributed by atoms with van der Waals surface area (Å²) in [5.41, 5.74) is 7.11. The first kappa shape index (κ1) is 41.4. The van der Waals surface area contributed by atoms with Crippen LogP contribution in [-0.2, 0) is 20.7 Å². The van der Waals surface area contributed by atoms with Crippen LogP contribution in [0.5, 0.6) is 0 Å². The van der Waals surface area contributed by atoms with Crippen LogP contribution < -0.4 is 27.4 Å². The summed E-state index contributed by atoms with van der Waals surface area (Å²) < 4.78 is 15.7. The van der Waals surface area contributed by atoms with Crippen molar-refractivity contribution in [3.05, 3.63) is 40.8 Å². The van der Waals surface area contributed by atoms with Crippen molar-refractivity contribution in [3.8, 4) is 0 Å². The number of aliphatic hydroxyl groups excluding tert-OH is 2. The molecule has 4 aliphatic rings. The Morgan fingerprint density at radius 1 is 1.00 bits per heavy atom. The van der Waals surface area contributed by atoms with Gasteiger partial charge in [-0.3, -0.25) is 9.36 Å². The molecule has 2 amide bonds. The topological polar surface area (TPSA) is 221 Å². The number of hydrogen-bond acceptors (Lipinski definition) is 13. The van der Waals surface area contributed by atoms with Gasteiger partial charge in [0.1, 0.15) is 47.8 Å². The number of aryl methyl sites for hydroxylation is 1. The maximum Gasteiger partial charge on any atom is 0.351 e. The fourth-order valence-corrected chi connectivity index (χ4v) is 10.4. The fourth-order valence-electron chi connectivity index (χ4n) is 8.90. The lowest BCUT2D eigenvalue weighted by Crippen LogP contribution is -2.36. The first-order chi connectivity index (χ1) is 27.6. The lowest BCUT2D eigenvalue weighted by atomic mass is 10.0. The second-order valence-corrected chi connectivity index (χ2v) is 17.5. The van der Waals surface area contributed by atoms with E-state index < -0.39 is 30.2 Å². The predicted octanol–water partition coefficient (Wildman–Crippen LogP) is 4.20. The number of rotatable bonds is 20. The summed E-state index contributed by atoms with van der Waals surface area (Å²) in [4.78, 5) is 49.7. The van der Waals surface area contributed by atoms with Crippen LogP contribution in [0, 0.1) is 5.92 Å². The summed E-state index contributed by atoms with van der Waals surface area (Å²) in [5, 5.41) is 32.7. The van der Waals surface area contributed by atoms with Gasteiger partial charge in [-0.05, 0) is 69.8 Å². The third-order valence-corrected chi connectivity index (χ3v) is 13.7. The Bertz CT molecular complexity index is 1910. The van der Waals surface area contributed by atoms with Crippen LogP contribution in [0.15, 0.2) is 29.6 Å². The number of ether oxygens (including phenoxy) is 2. The Hall–Kier alpha value is -3.77. The number of aliphatic hydroxyl groups is 2. The van der Waals surface area contributed by atoms with Crippen LogP contribution in [0.25, 0.3) is 11.0 Å². The number of nitrogens with one attached hydrogen (secondary N) is 3. The molecule has 4 fully saturated rings. The van der Waals surface area contributed by atoms with Gasteiger partial charge in [0.25, 0.3) is 0 Å². The van der Waals surface area contributed by atoms with Gasteiger partial charge in [0.2, 0.25) is 0 Å². The van der Waals surface area contributed by atoms with Crippen LogP contribution in [0.4, 0.5) is 16.4 Å². The Morgan fingerprint density at radius 2 is 1.81 bits per heavy atom. The van der Waals surface area contributed by atoms with Crippen molar-refractivity contribution >= 4 is 46.2 Å². The normalized spacial score (nSPS) is 29.5. The molecule has 4 aliphatic heterocycles. The van der Waals surface area contributed by atoms with Crippen molar-refractivity contribution in [2.75, 3.05) is 23.3 Å². The molecule has 17 heteroatoms. The first-order valence-electron chi connectivity index (χ1n) is 20.9. The van der Waals surface area contributed by atoms with Gasteiger partial charge >= 0.3 is 11.7 Å². The number of nitrogen functional groups attached to an aromatic ring is 1. The highest BCUT2D eigenvalue weighted by molar-refractivity contribution is 8.00. The number of anilines is 2. The zero-order valence-corrected chi connectivity index (χ0v) is 33.9. The number of amides is 2. The standard InChI is InChI=1S/C40H59N9O7S/c1-3-28-23(2)19-31(55-28)49-20-24(35(41)47-40(49)54)11-6-8-14-29-33(51)34(52)38(56-29)48-18-16-26-36(43-22-44-37(26)48)42-17-10-4-5-12-25(50)13-7-9-15-30-32-27(21-57-30)45-39(53)46-32/h16,18,20,22-23,27-34,38,51-52H,3-15,17,19,21H2,1-2H3,(H2,41,47,54)(H,42,43,44)(H2,45,46,53)/t23-,27?,28+,29+,30?,31+,32?,33?,34-,38+/m0/s1. The summed E-state index contributed by atoms with van der Waals surface area (Å²) >= 11 is 1.91. The molecule has 0 aliphatic carbocycles. The molecule has 7 heterocycles. The Kier molecular flexibility index (Phi) is 13.7. The van der Waals surface area contributed by atoms with Gasteiger partial charge in [0, 0.05) is 48.3 Å². The summed E-state index contributed by atoms with van der Waals surface area (Å²) in [6.45, 7) is 4.91. The van der Waals surface area contributed by atoms with Crippen LogP contribution >= 0.6 is 11.8 Å². The van der Waals surface area contributed by atoms with Gasteiger partial charge in [0.15, 0.2) is 6.23 Å². The van der Waals surface area contributed by atoms with Crippen LogP contribution in [0.1, 0.15) is 115 Å². The molecule has 3 aromatic rings. The number of carbonyl (C=O) groups excluding carboxylic acids is 2. The molecule has 7 N–H and O–H groups in total. The molecule has 7 rings (SSSR count). The lowest BCUT2D eigenvalue weighted by molar-refractivity contribution is -0.119. The number of unbranched alkanes of at least 4 members (excludes halogenated alkanes) is 4. The lowest BCUT2D eigenvalue weighted by Gasteiger charge is -2.18. The zero-order valence-electron chi connectivity index (χ0n) is 33.1. The van der Waals surface area contributed by atoms with Crippen LogP contribution in [-0.4, -0.2) is 100 Å². The molecule has 0 bridgehead atoms. The maximum absolute atomic E-state index is 12.7. The first-order valence-corrected chi connectivity index (χ1v) is 22.0. The number of nitrogens with zero attached hydrogens (tertiary/aromatic N) is 5. The highest BCUT2D eigenvalue weighted by Crippen LogP contribution is 2.37. The van der Waals surface area contributed by atoms with Gasteiger partial charge in [-0.2, -0.15) is 16.7 Å². The van der Waals surface area contributed by atoms with Crippen LogP contribution in [0.2, 0.25) is 0 Å². The zero-order chi connectivity index (χ0) is 40.1. The van der Waals surface area contributed by atoms with Crippen LogP contribution in [0.3, 0.4) is 0 Å². The number of carbonyl (C=O) groups is 2. The SMILES string of the molecule is CC[C@H]1O[C@@H](n2cc(CCCC[C@H]3O[C@@H](n4ccc5c(NCCCCCC(=O)CCCCC6SCC7NC(=O)NC76)ncnc54)[C@@H](O)C3O)c(N)nc2=O)C[C@@H]1C. The number of Topliss-reactive ketones (excluding diaryl/α,β-unsaturated/α-hetero) is 1. The van der Waals surface area contributed by atoms with Gasteiger partial charge in [-0.15, -0.1) is 0 Å². The number of aromatic nitrogens is 5. The van der Waals surface area contributed by atoms with E-state index in [2.05, 4.69) is 44.7 Å². The summed E-state index contributed by atoms with van der Waals surface area (Å²) in [6.07, 6.45) is 12.2. The highest BCUT2D eigenvalue weighted by Gasteiger charge is 2.44. The number of urea groups is 1. The second kappa shape index (κ2) is 18.9. The summed E-state index contributed by atoms with van der Waals surface area (Å²) in [5.74, 6) is 2.53. The van der Waals surface area contributed by atoms with Crippen molar-refractivity contribution in [3.63, 3.8) is 0 Å². The molecule has 4 unspecified atom stereocenters. The Labute approximate surface area is 337 Å². The van der Waals surface area contributed by atoms with E-state index in [1.54, 1.807) is 21.5 Å². The van der Waals surface area contributed by atoms with Gasteiger partial charge in [-0.25, -0.2) is 19.6 Å². The van der Waals surface area contributed by atoms with E-state index in [9.17, 15) is 24.6 Å². The Morgan fingerprint density at radius 3 is 2.61 bits per heavy atom. The minimum absolute atomic E-state index is 0.0597. The monoisotopic (exact) mass is 809 g/mol. The van der Waals surface area contributed by atoms with Crippen molar-refractivity contribution in [2.24, 2.45) is 5.92 Å². The van der Waals surface area contributed by atoms with Gasteiger partial charge in [-0.1, -0.05) is 33.1 Å². The summed E-state index contributed by atoms with van der Waals surface area (Å²) in [7, 11) is 0. The van der Waals surface area contributed by atoms with E-state index in [1.165, 1.54) is 6.33 Å².